The number of urea groups is 1. The molecule has 1 rings (SSSR count). The van der Waals surface area contributed by atoms with Crippen molar-refractivity contribution in [3.8, 4) is 0 Å². The van der Waals surface area contributed by atoms with E-state index in [-0.39, 0.29) is 5.91 Å². The molecule has 104 valence electrons. The molecule has 0 radical (unpaired) electrons. The highest BCUT2D eigenvalue weighted by atomic mass is 32.2. The third kappa shape index (κ3) is 4.82. The van der Waals surface area contributed by atoms with Gasteiger partial charge >= 0.3 is 6.03 Å². The number of nitrogens with two attached hydrogens (primary N) is 1. The molecule has 5 nitrogen and oxygen atoms in total. The molecule has 0 heterocycles. The molecule has 0 saturated carbocycles. The monoisotopic (exact) mass is 281 g/mol. The zero-order valence-corrected chi connectivity index (χ0v) is 12.1. The number of carbonyl (C=O) groups is 2. The van der Waals surface area contributed by atoms with Gasteiger partial charge in [0.05, 0.1) is 5.25 Å². The van der Waals surface area contributed by atoms with Crippen LogP contribution >= 0.6 is 11.8 Å². The fourth-order valence-electron chi connectivity index (χ4n) is 1.44. The molecule has 1 aromatic carbocycles. The molecule has 1 unspecified atom stereocenters. The van der Waals surface area contributed by atoms with E-state index in [0.29, 0.717) is 12.2 Å². The molecule has 0 fully saturated rings. The molecule has 4 N–H and O–H groups in total. The number of nitrogen functional groups attached to an aromatic ring is 1. The average Bonchev–Trinajstić information content (AvgIpc) is 2.32. The molecule has 0 aromatic heterocycles. The van der Waals surface area contributed by atoms with Crippen molar-refractivity contribution in [2.45, 2.75) is 30.9 Å². The Morgan fingerprint density at radius 1 is 1.42 bits per heavy atom. The maximum absolute atomic E-state index is 11.8. The maximum Gasteiger partial charge on any atom is 0.321 e. The van der Waals surface area contributed by atoms with Gasteiger partial charge in [-0.15, -0.1) is 11.8 Å². The second kappa shape index (κ2) is 7.04. The van der Waals surface area contributed by atoms with Gasteiger partial charge in [0.25, 0.3) is 0 Å². The number of amides is 3. The van der Waals surface area contributed by atoms with Crippen LogP contribution in [0.4, 0.5) is 10.5 Å². The predicted molar refractivity (Wildman–Crippen MR) is 78.1 cm³/mol. The Bertz CT molecular complexity index is 477. The zero-order valence-electron chi connectivity index (χ0n) is 11.3. The van der Waals surface area contributed by atoms with E-state index in [9.17, 15) is 9.59 Å². The van der Waals surface area contributed by atoms with Gasteiger partial charge in [-0.05, 0) is 38.5 Å². The van der Waals surface area contributed by atoms with Gasteiger partial charge in [0.1, 0.15) is 0 Å². The van der Waals surface area contributed by atoms with Crippen LogP contribution in [0.15, 0.2) is 23.1 Å². The molecule has 19 heavy (non-hydrogen) atoms. The molecule has 0 spiro atoms. The molecular formula is C13H19N3O2S. The van der Waals surface area contributed by atoms with E-state index in [1.165, 1.54) is 11.8 Å². The molecule has 3 amide bonds. The van der Waals surface area contributed by atoms with Gasteiger partial charge in [0.15, 0.2) is 0 Å². The van der Waals surface area contributed by atoms with Crippen molar-refractivity contribution in [1.82, 2.24) is 10.6 Å². The first-order valence-electron chi connectivity index (χ1n) is 6.05. The molecule has 1 aromatic rings. The topological polar surface area (TPSA) is 84.2 Å². The molecule has 0 aliphatic heterocycles. The minimum absolute atomic E-state index is 0.337. The number of nitrogens with one attached hydrogen (secondary N) is 2. The van der Waals surface area contributed by atoms with Gasteiger partial charge in [-0.1, -0.05) is 6.07 Å². The summed E-state index contributed by atoms with van der Waals surface area (Å²) in [4.78, 5) is 23.9. The van der Waals surface area contributed by atoms with Crippen LogP contribution in [-0.4, -0.2) is 23.7 Å². The molecule has 1 atom stereocenters. The summed E-state index contributed by atoms with van der Waals surface area (Å²) in [6, 6.07) is 5.20. The second-order valence-corrected chi connectivity index (χ2v) is 5.53. The molecule has 0 aliphatic carbocycles. The standard InChI is InChI=1S/C13H19N3O2S/c1-4-15-13(18)16-12(17)9(3)19-11-6-5-8(2)7-10(11)14/h5-7,9H,4,14H2,1-3H3,(H2,15,16,17,18). The van der Waals surface area contributed by atoms with Crippen molar-refractivity contribution in [3.63, 3.8) is 0 Å². The largest absolute Gasteiger partial charge is 0.398 e. The molecule has 0 bridgehead atoms. The van der Waals surface area contributed by atoms with Crippen LogP contribution < -0.4 is 16.4 Å². The van der Waals surface area contributed by atoms with Crippen molar-refractivity contribution in [3.05, 3.63) is 23.8 Å². The maximum atomic E-state index is 11.8. The van der Waals surface area contributed by atoms with Gasteiger partial charge in [-0.25, -0.2) is 4.79 Å². The predicted octanol–water partition coefficient (Wildman–Crippen LogP) is 1.90. The van der Waals surface area contributed by atoms with Gasteiger partial charge in [-0.2, -0.15) is 0 Å². The molecule has 0 saturated heterocycles. The fraction of sp³-hybridized carbons (Fsp3) is 0.385. The van der Waals surface area contributed by atoms with Crippen LogP contribution in [0.5, 0.6) is 0 Å². The van der Waals surface area contributed by atoms with E-state index < -0.39 is 11.3 Å². The zero-order chi connectivity index (χ0) is 14.4. The Morgan fingerprint density at radius 3 is 2.68 bits per heavy atom. The Morgan fingerprint density at radius 2 is 2.11 bits per heavy atom. The average molecular weight is 281 g/mol. The van der Waals surface area contributed by atoms with Crippen LogP contribution in [0.3, 0.4) is 0 Å². The summed E-state index contributed by atoms with van der Waals surface area (Å²) in [5.74, 6) is -0.337. The van der Waals surface area contributed by atoms with E-state index in [1.807, 2.05) is 25.1 Å². The van der Waals surface area contributed by atoms with Crippen molar-refractivity contribution >= 4 is 29.4 Å². The quantitative estimate of drug-likeness (QED) is 0.581. The van der Waals surface area contributed by atoms with Crippen LogP contribution in [0.2, 0.25) is 0 Å². The number of rotatable bonds is 4. The highest BCUT2D eigenvalue weighted by Crippen LogP contribution is 2.29. The number of hydrogen-bond acceptors (Lipinski definition) is 4. The van der Waals surface area contributed by atoms with E-state index in [4.69, 9.17) is 5.73 Å². The van der Waals surface area contributed by atoms with E-state index in [0.717, 1.165) is 10.5 Å². The van der Waals surface area contributed by atoms with Crippen LogP contribution in [-0.2, 0) is 4.79 Å². The third-order valence-electron chi connectivity index (χ3n) is 2.41. The summed E-state index contributed by atoms with van der Waals surface area (Å²) >= 11 is 1.33. The van der Waals surface area contributed by atoms with Gasteiger partial charge in [-0.3, -0.25) is 10.1 Å². The first kappa shape index (κ1) is 15.4. The lowest BCUT2D eigenvalue weighted by Gasteiger charge is -2.13. The lowest BCUT2D eigenvalue weighted by Crippen LogP contribution is -2.42. The number of aryl methyl sites for hydroxylation is 1. The minimum Gasteiger partial charge on any atom is -0.398 e. The summed E-state index contributed by atoms with van der Waals surface area (Å²) in [5, 5.41) is 4.39. The lowest BCUT2D eigenvalue weighted by molar-refractivity contribution is -0.119. The number of imide groups is 1. The minimum atomic E-state index is -0.475. The Balaban J connectivity index is 2.61. The summed E-state index contributed by atoms with van der Waals surface area (Å²) in [7, 11) is 0. The van der Waals surface area contributed by atoms with E-state index in [1.54, 1.807) is 13.8 Å². The van der Waals surface area contributed by atoms with Crippen molar-refractivity contribution in [2.75, 3.05) is 12.3 Å². The van der Waals surface area contributed by atoms with Gasteiger partial charge < -0.3 is 11.1 Å². The van der Waals surface area contributed by atoms with Crippen LogP contribution in [0, 0.1) is 6.92 Å². The number of carbonyl (C=O) groups excluding carboxylic acids is 2. The van der Waals surface area contributed by atoms with Gasteiger partial charge in [0, 0.05) is 17.1 Å². The smallest absolute Gasteiger partial charge is 0.321 e. The summed E-state index contributed by atoms with van der Waals surface area (Å²) in [5.41, 5.74) is 7.60. The summed E-state index contributed by atoms with van der Waals surface area (Å²) < 4.78 is 0. The van der Waals surface area contributed by atoms with Crippen LogP contribution in [0.1, 0.15) is 19.4 Å². The molecular weight excluding hydrogens is 262 g/mol. The first-order valence-corrected chi connectivity index (χ1v) is 6.93. The van der Waals surface area contributed by atoms with Crippen molar-refractivity contribution in [1.29, 1.82) is 0 Å². The summed E-state index contributed by atoms with van der Waals surface area (Å²) in [6.45, 7) is 5.95. The number of benzene rings is 1. The normalized spacial score (nSPS) is 11.7. The molecule has 0 aliphatic rings. The third-order valence-corrected chi connectivity index (χ3v) is 3.61. The summed E-state index contributed by atoms with van der Waals surface area (Å²) in [6.07, 6.45) is 0. The number of hydrogen-bond donors (Lipinski definition) is 3. The lowest BCUT2D eigenvalue weighted by atomic mass is 10.2. The highest BCUT2D eigenvalue weighted by Gasteiger charge is 2.17. The Hall–Kier alpha value is -1.69. The highest BCUT2D eigenvalue weighted by molar-refractivity contribution is 8.00. The first-order chi connectivity index (χ1) is 8.93. The Kier molecular flexibility index (Phi) is 5.69. The SMILES string of the molecule is CCNC(=O)NC(=O)C(C)Sc1ccc(C)cc1N. The fourth-order valence-corrected chi connectivity index (χ4v) is 2.33. The molecule has 6 heteroatoms. The van der Waals surface area contributed by atoms with E-state index >= 15 is 0 Å². The number of anilines is 1. The van der Waals surface area contributed by atoms with Crippen molar-refractivity contribution in [2.24, 2.45) is 0 Å². The van der Waals surface area contributed by atoms with Crippen molar-refractivity contribution < 1.29 is 9.59 Å². The number of thioether (sulfide) groups is 1. The second-order valence-electron chi connectivity index (χ2n) is 4.15. The van der Waals surface area contributed by atoms with Gasteiger partial charge in [0.2, 0.25) is 5.91 Å². The van der Waals surface area contributed by atoms with Crippen LogP contribution in [0.25, 0.3) is 0 Å². The van der Waals surface area contributed by atoms with E-state index in [2.05, 4.69) is 10.6 Å². The Labute approximate surface area is 117 Å².